The Kier molecular flexibility index (Phi) is 6.63. The minimum Gasteiger partial charge on any atom is -0.365 e. The lowest BCUT2D eigenvalue weighted by Crippen LogP contribution is -2.27. The number of amides is 1. The molecule has 0 spiro atoms. The molecule has 3 N–H and O–H groups in total. The molecule has 2 aliphatic carbocycles. The molecule has 7 nitrogen and oxygen atoms in total. The van der Waals surface area contributed by atoms with Crippen LogP contribution < -0.4 is 11.1 Å². The third kappa shape index (κ3) is 5.30. The fourth-order valence-electron chi connectivity index (χ4n) is 5.68. The first-order valence-electron chi connectivity index (χ1n) is 12.7. The van der Waals surface area contributed by atoms with E-state index in [0.717, 1.165) is 55.9 Å². The van der Waals surface area contributed by atoms with Crippen molar-refractivity contribution in [1.82, 2.24) is 14.9 Å². The summed E-state index contributed by atoms with van der Waals surface area (Å²) in [4.78, 5) is 36.5. The summed E-state index contributed by atoms with van der Waals surface area (Å²) >= 11 is 0. The molecule has 2 atom stereocenters. The van der Waals surface area contributed by atoms with E-state index in [-0.39, 0.29) is 5.78 Å². The molecule has 1 saturated carbocycles. The number of nitrogens with two attached hydrogens (primary N) is 1. The molecule has 34 heavy (non-hydrogen) atoms. The second-order valence-electron chi connectivity index (χ2n) is 10.5. The van der Waals surface area contributed by atoms with E-state index < -0.39 is 5.91 Å². The van der Waals surface area contributed by atoms with Crippen LogP contribution in [0, 0.1) is 11.8 Å². The van der Waals surface area contributed by atoms with Gasteiger partial charge in [-0.3, -0.25) is 9.59 Å². The van der Waals surface area contributed by atoms with Crippen molar-refractivity contribution in [3.8, 4) is 0 Å². The van der Waals surface area contributed by atoms with Gasteiger partial charge in [0.2, 0.25) is 5.95 Å². The fourth-order valence-corrected chi connectivity index (χ4v) is 5.68. The predicted molar refractivity (Wildman–Crippen MR) is 132 cm³/mol. The molecular weight excluding hydrogens is 426 g/mol. The zero-order chi connectivity index (χ0) is 23.7. The Morgan fingerprint density at radius 2 is 2.09 bits per heavy atom. The standard InChI is InChI=1S/C27H35N5O2/c1-32-11-3-2-4-19-12-18(16-32)13-25(33)22-14-20(8-9-21(19)22)30-27-29-15-23(26(28)34)24(31-27)10-7-17-5-6-17/h8-9,14-15,17-19H,2-7,10-13,16H2,1H3,(H2,28,34)(H,29,30,31). The van der Waals surface area contributed by atoms with Gasteiger partial charge < -0.3 is 16.0 Å². The number of ketones is 1. The largest absolute Gasteiger partial charge is 0.365 e. The van der Waals surface area contributed by atoms with Gasteiger partial charge in [-0.25, -0.2) is 9.97 Å². The minimum atomic E-state index is -0.493. The molecule has 2 heterocycles. The van der Waals surface area contributed by atoms with Crippen molar-refractivity contribution in [2.24, 2.45) is 17.6 Å². The topological polar surface area (TPSA) is 101 Å². The Labute approximate surface area is 201 Å². The van der Waals surface area contributed by atoms with E-state index in [1.807, 2.05) is 12.1 Å². The number of rotatable bonds is 6. The highest BCUT2D eigenvalue weighted by Gasteiger charge is 2.30. The van der Waals surface area contributed by atoms with Gasteiger partial charge in [-0.05, 0) is 81.1 Å². The summed E-state index contributed by atoms with van der Waals surface area (Å²) in [5.74, 6) is 1.75. The number of nitrogens with one attached hydrogen (secondary N) is 1. The number of nitrogens with zero attached hydrogens (tertiary/aromatic N) is 3. The Morgan fingerprint density at radius 1 is 1.24 bits per heavy atom. The van der Waals surface area contributed by atoms with Gasteiger partial charge in [0, 0.05) is 30.4 Å². The molecule has 2 unspecified atom stereocenters. The lowest BCUT2D eigenvalue weighted by Gasteiger charge is -2.22. The number of carbonyl (C=O) groups excluding carboxylic acids is 2. The number of fused-ring (bicyclic) bond motifs is 4. The first kappa shape index (κ1) is 23.0. The maximum Gasteiger partial charge on any atom is 0.252 e. The van der Waals surface area contributed by atoms with E-state index in [1.165, 1.54) is 37.4 Å². The first-order valence-corrected chi connectivity index (χ1v) is 12.7. The highest BCUT2D eigenvalue weighted by molar-refractivity contribution is 5.99. The van der Waals surface area contributed by atoms with Crippen LogP contribution in [0.3, 0.4) is 0 Å². The molecule has 1 saturated heterocycles. The second-order valence-corrected chi connectivity index (χ2v) is 10.5. The molecule has 2 aromatic rings. The van der Waals surface area contributed by atoms with Gasteiger partial charge in [-0.15, -0.1) is 0 Å². The maximum atomic E-state index is 13.3. The maximum absolute atomic E-state index is 13.3. The Bertz CT molecular complexity index is 1080. The van der Waals surface area contributed by atoms with Crippen molar-refractivity contribution in [2.45, 2.75) is 63.7 Å². The molecule has 2 fully saturated rings. The molecule has 1 aromatic heterocycles. The fraction of sp³-hybridized carbons (Fsp3) is 0.556. The van der Waals surface area contributed by atoms with Gasteiger partial charge in [-0.2, -0.15) is 0 Å². The summed E-state index contributed by atoms with van der Waals surface area (Å²) in [6.45, 7) is 2.11. The summed E-state index contributed by atoms with van der Waals surface area (Å²) < 4.78 is 0. The van der Waals surface area contributed by atoms with Crippen molar-refractivity contribution in [2.75, 3.05) is 25.5 Å². The van der Waals surface area contributed by atoms with Crippen LogP contribution >= 0.6 is 0 Å². The number of carbonyl (C=O) groups is 2. The smallest absolute Gasteiger partial charge is 0.252 e. The number of Topliss-reactive ketones (excluding diaryl/α,β-unsaturated/α-hetero) is 1. The van der Waals surface area contributed by atoms with Crippen LogP contribution in [-0.2, 0) is 6.42 Å². The molecule has 3 aliphatic rings. The average Bonchev–Trinajstić information content (AvgIpc) is 3.63. The first-order chi connectivity index (χ1) is 16.5. The van der Waals surface area contributed by atoms with Gasteiger partial charge in [0.1, 0.15) is 0 Å². The van der Waals surface area contributed by atoms with E-state index in [1.54, 1.807) is 0 Å². The Balaban J connectivity index is 1.39. The van der Waals surface area contributed by atoms with Crippen molar-refractivity contribution in [3.05, 3.63) is 46.8 Å². The second kappa shape index (κ2) is 9.82. The number of anilines is 2. The summed E-state index contributed by atoms with van der Waals surface area (Å²) in [7, 11) is 2.17. The number of aromatic nitrogens is 2. The van der Waals surface area contributed by atoms with Gasteiger partial charge >= 0.3 is 0 Å². The normalized spacial score (nSPS) is 23.3. The van der Waals surface area contributed by atoms with Crippen LogP contribution in [0.25, 0.3) is 0 Å². The van der Waals surface area contributed by atoms with Crippen LogP contribution in [0.5, 0.6) is 0 Å². The third-order valence-corrected chi connectivity index (χ3v) is 7.67. The van der Waals surface area contributed by atoms with Crippen molar-refractivity contribution >= 4 is 23.3 Å². The molecule has 0 radical (unpaired) electrons. The van der Waals surface area contributed by atoms with E-state index in [2.05, 4.69) is 33.3 Å². The minimum absolute atomic E-state index is 0.232. The van der Waals surface area contributed by atoms with Crippen LogP contribution in [0.15, 0.2) is 24.4 Å². The molecule has 1 amide bonds. The summed E-state index contributed by atoms with van der Waals surface area (Å²) in [6.07, 6.45) is 11.0. The Morgan fingerprint density at radius 3 is 2.88 bits per heavy atom. The van der Waals surface area contributed by atoms with E-state index in [0.29, 0.717) is 35.5 Å². The zero-order valence-corrected chi connectivity index (χ0v) is 20.1. The zero-order valence-electron chi connectivity index (χ0n) is 20.1. The number of hydrogen-bond acceptors (Lipinski definition) is 6. The number of hydrogen-bond donors (Lipinski definition) is 2. The molecule has 2 bridgehead atoms. The average molecular weight is 462 g/mol. The number of primary amides is 1. The van der Waals surface area contributed by atoms with Gasteiger partial charge in [0.25, 0.3) is 5.91 Å². The van der Waals surface area contributed by atoms with Gasteiger partial charge in [-0.1, -0.05) is 25.3 Å². The van der Waals surface area contributed by atoms with E-state index in [4.69, 9.17) is 5.73 Å². The predicted octanol–water partition coefficient (Wildman–Crippen LogP) is 4.45. The third-order valence-electron chi connectivity index (χ3n) is 7.67. The summed E-state index contributed by atoms with van der Waals surface area (Å²) in [5.41, 5.74) is 9.47. The Hall–Kier alpha value is -2.80. The molecule has 180 valence electrons. The van der Waals surface area contributed by atoms with Crippen molar-refractivity contribution < 1.29 is 9.59 Å². The monoisotopic (exact) mass is 461 g/mol. The van der Waals surface area contributed by atoms with Gasteiger partial charge in [0.15, 0.2) is 5.78 Å². The highest BCUT2D eigenvalue weighted by Crippen LogP contribution is 2.39. The van der Waals surface area contributed by atoms with Crippen molar-refractivity contribution in [3.63, 3.8) is 0 Å². The van der Waals surface area contributed by atoms with Crippen LogP contribution in [0.4, 0.5) is 11.6 Å². The lowest BCUT2D eigenvalue weighted by atomic mass is 9.86. The summed E-state index contributed by atoms with van der Waals surface area (Å²) in [5, 5.41) is 3.27. The molecule has 1 aliphatic heterocycles. The quantitative estimate of drug-likeness (QED) is 0.659. The van der Waals surface area contributed by atoms with E-state index >= 15 is 0 Å². The highest BCUT2D eigenvalue weighted by atomic mass is 16.1. The lowest BCUT2D eigenvalue weighted by molar-refractivity contribution is 0.0951. The van der Waals surface area contributed by atoms with Gasteiger partial charge in [0.05, 0.1) is 11.3 Å². The number of benzene rings is 1. The molecule has 1 aromatic carbocycles. The van der Waals surface area contributed by atoms with Crippen LogP contribution in [0.2, 0.25) is 0 Å². The van der Waals surface area contributed by atoms with Crippen molar-refractivity contribution in [1.29, 1.82) is 0 Å². The van der Waals surface area contributed by atoms with Crippen LogP contribution in [-0.4, -0.2) is 46.7 Å². The van der Waals surface area contributed by atoms with Crippen LogP contribution in [0.1, 0.15) is 89.3 Å². The molecule has 5 rings (SSSR count). The number of aryl methyl sites for hydroxylation is 1. The van der Waals surface area contributed by atoms with E-state index in [9.17, 15) is 9.59 Å². The summed E-state index contributed by atoms with van der Waals surface area (Å²) in [6, 6.07) is 6.12. The SMILES string of the molecule is CN1CCCCC2CC(CC(=O)c3cc(Nc4ncc(C(N)=O)c(CCC5CC5)n4)ccc32)C1. The molecular formula is C27H35N5O2. The molecule has 7 heteroatoms.